The Kier molecular flexibility index (Phi) is 5.19. The maximum Gasteiger partial charge on any atom is 0.223 e. The van der Waals surface area contributed by atoms with Gasteiger partial charge in [0.2, 0.25) is 5.91 Å². The largest absolute Gasteiger partial charge is 0.368 e. The van der Waals surface area contributed by atoms with Crippen LogP contribution < -0.4 is 4.90 Å². The average Bonchev–Trinajstić information content (AvgIpc) is 2.61. The van der Waals surface area contributed by atoms with Crippen molar-refractivity contribution < 1.29 is 4.79 Å². The van der Waals surface area contributed by atoms with Gasteiger partial charge < -0.3 is 9.80 Å². The number of carbonyl (C=O) groups excluding carboxylic acids is 1. The van der Waals surface area contributed by atoms with E-state index in [9.17, 15) is 4.79 Å². The molecular formula is C21H26N2O. The molecule has 0 aliphatic carbocycles. The number of piperazine rings is 1. The van der Waals surface area contributed by atoms with Gasteiger partial charge in [-0.05, 0) is 37.0 Å². The van der Waals surface area contributed by atoms with Crippen LogP contribution in [0, 0.1) is 13.8 Å². The third-order valence-corrected chi connectivity index (χ3v) is 4.86. The van der Waals surface area contributed by atoms with Crippen LogP contribution in [0.4, 0.5) is 5.69 Å². The molecule has 1 heterocycles. The van der Waals surface area contributed by atoms with E-state index in [0.717, 1.165) is 32.6 Å². The van der Waals surface area contributed by atoms with Gasteiger partial charge in [0.05, 0.1) is 0 Å². The summed E-state index contributed by atoms with van der Waals surface area (Å²) in [4.78, 5) is 16.9. The van der Waals surface area contributed by atoms with Crippen LogP contribution in [-0.2, 0) is 11.2 Å². The van der Waals surface area contributed by atoms with Crippen molar-refractivity contribution in [1.29, 1.82) is 0 Å². The molecule has 2 aromatic carbocycles. The molecule has 3 nitrogen and oxygen atoms in total. The molecule has 0 saturated carbocycles. The van der Waals surface area contributed by atoms with Gasteiger partial charge in [-0.25, -0.2) is 0 Å². The summed E-state index contributed by atoms with van der Waals surface area (Å²) >= 11 is 0. The Morgan fingerprint density at radius 2 is 1.50 bits per heavy atom. The first kappa shape index (κ1) is 16.6. The Balaban J connectivity index is 1.54. The summed E-state index contributed by atoms with van der Waals surface area (Å²) in [7, 11) is 0. The van der Waals surface area contributed by atoms with Crippen LogP contribution in [-0.4, -0.2) is 37.0 Å². The van der Waals surface area contributed by atoms with E-state index < -0.39 is 0 Å². The molecule has 0 unspecified atom stereocenters. The van der Waals surface area contributed by atoms with Gasteiger partial charge in [-0.15, -0.1) is 0 Å². The number of nitrogens with zero attached hydrogens (tertiary/aromatic N) is 2. The first-order valence-corrected chi connectivity index (χ1v) is 8.78. The lowest BCUT2D eigenvalue weighted by Gasteiger charge is -2.37. The smallest absolute Gasteiger partial charge is 0.223 e. The van der Waals surface area contributed by atoms with Gasteiger partial charge in [-0.3, -0.25) is 4.79 Å². The maximum atomic E-state index is 12.5. The van der Waals surface area contributed by atoms with Crippen molar-refractivity contribution in [3.63, 3.8) is 0 Å². The zero-order valence-electron chi connectivity index (χ0n) is 14.7. The third-order valence-electron chi connectivity index (χ3n) is 4.86. The molecule has 1 saturated heterocycles. The highest BCUT2D eigenvalue weighted by molar-refractivity contribution is 5.77. The monoisotopic (exact) mass is 322 g/mol. The quantitative estimate of drug-likeness (QED) is 0.859. The Hall–Kier alpha value is -2.29. The van der Waals surface area contributed by atoms with E-state index in [4.69, 9.17) is 0 Å². The number of rotatable bonds is 4. The highest BCUT2D eigenvalue weighted by atomic mass is 16.2. The van der Waals surface area contributed by atoms with Gasteiger partial charge in [-0.1, -0.05) is 48.5 Å². The second-order valence-corrected chi connectivity index (χ2v) is 6.59. The van der Waals surface area contributed by atoms with Crippen LogP contribution in [0.2, 0.25) is 0 Å². The molecule has 0 radical (unpaired) electrons. The van der Waals surface area contributed by atoms with Crippen LogP contribution in [0.5, 0.6) is 0 Å². The summed E-state index contributed by atoms with van der Waals surface area (Å²) in [6, 6.07) is 16.7. The van der Waals surface area contributed by atoms with E-state index in [2.05, 4.69) is 49.1 Å². The van der Waals surface area contributed by atoms with Crippen molar-refractivity contribution >= 4 is 11.6 Å². The maximum absolute atomic E-state index is 12.5. The molecule has 1 aliphatic heterocycles. The van der Waals surface area contributed by atoms with E-state index in [1.165, 1.54) is 22.4 Å². The second-order valence-electron chi connectivity index (χ2n) is 6.59. The van der Waals surface area contributed by atoms with Crippen molar-refractivity contribution in [3.05, 3.63) is 65.2 Å². The summed E-state index contributed by atoms with van der Waals surface area (Å²) in [6.07, 6.45) is 1.43. The molecule has 0 N–H and O–H groups in total. The highest BCUT2D eigenvalue weighted by Gasteiger charge is 2.22. The normalized spacial score (nSPS) is 14.8. The lowest BCUT2D eigenvalue weighted by molar-refractivity contribution is -0.131. The van der Waals surface area contributed by atoms with Gasteiger partial charge in [0.15, 0.2) is 0 Å². The van der Waals surface area contributed by atoms with Crippen LogP contribution in [0.15, 0.2) is 48.5 Å². The number of benzene rings is 2. The number of para-hydroxylation sites is 1. The average molecular weight is 322 g/mol. The summed E-state index contributed by atoms with van der Waals surface area (Å²) in [6.45, 7) is 7.81. The number of amides is 1. The molecule has 1 aliphatic rings. The fraction of sp³-hybridized carbons (Fsp3) is 0.381. The van der Waals surface area contributed by atoms with Crippen molar-refractivity contribution in [2.24, 2.45) is 0 Å². The molecule has 24 heavy (non-hydrogen) atoms. The van der Waals surface area contributed by atoms with Crippen LogP contribution in [0.3, 0.4) is 0 Å². The minimum atomic E-state index is 0.278. The predicted octanol–water partition coefficient (Wildman–Crippen LogP) is 3.58. The first-order valence-electron chi connectivity index (χ1n) is 8.78. The van der Waals surface area contributed by atoms with Crippen LogP contribution >= 0.6 is 0 Å². The summed E-state index contributed by atoms with van der Waals surface area (Å²) in [5.41, 5.74) is 5.21. The number of carbonyl (C=O) groups is 1. The lowest BCUT2D eigenvalue weighted by atomic mass is 10.1. The molecular weight excluding hydrogens is 296 g/mol. The van der Waals surface area contributed by atoms with Crippen molar-refractivity contribution in [2.45, 2.75) is 26.7 Å². The van der Waals surface area contributed by atoms with Gasteiger partial charge in [0.1, 0.15) is 0 Å². The first-order chi connectivity index (χ1) is 11.6. The fourth-order valence-corrected chi connectivity index (χ4v) is 3.54. The number of aryl methyl sites for hydroxylation is 3. The zero-order chi connectivity index (χ0) is 16.9. The number of hydrogen-bond donors (Lipinski definition) is 0. The molecule has 3 heteroatoms. The standard InChI is InChI=1S/C21H26N2O/c1-17-7-6-8-18(2)21(17)23-15-13-22(14-16-23)20(24)12-11-19-9-4-3-5-10-19/h3-10H,11-16H2,1-2H3. The molecule has 0 bridgehead atoms. The third kappa shape index (κ3) is 3.78. The van der Waals surface area contributed by atoms with Gasteiger partial charge in [0.25, 0.3) is 0 Å². The summed E-state index contributed by atoms with van der Waals surface area (Å²) in [5.74, 6) is 0.278. The molecule has 1 amide bonds. The van der Waals surface area contributed by atoms with E-state index in [-0.39, 0.29) is 5.91 Å². The molecule has 0 aromatic heterocycles. The second kappa shape index (κ2) is 7.52. The molecule has 2 aromatic rings. The highest BCUT2D eigenvalue weighted by Crippen LogP contribution is 2.25. The molecule has 126 valence electrons. The Morgan fingerprint density at radius 3 is 2.12 bits per heavy atom. The number of anilines is 1. The minimum Gasteiger partial charge on any atom is -0.368 e. The van der Waals surface area contributed by atoms with Crippen LogP contribution in [0.25, 0.3) is 0 Å². The van der Waals surface area contributed by atoms with E-state index in [1.807, 2.05) is 23.1 Å². The van der Waals surface area contributed by atoms with Gasteiger partial charge in [-0.2, -0.15) is 0 Å². The minimum absolute atomic E-state index is 0.278. The molecule has 0 atom stereocenters. The number of hydrogen-bond acceptors (Lipinski definition) is 2. The predicted molar refractivity (Wildman–Crippen MR) is 99.5 cm³/mol. The molecule has 0 spiro atoms. The Labute approximate surface area is 144 Å². The van der Waals surface area contributed by atoms with E-state index >= 15 is 0 Å². The van der Waals surface area contributed by atoms with Crippen molar-refractivity contribution in [3.8, 4) is 0 Å². The molecule has 1 fully saturated rings. The zero-order valence-corrected chi connectivity index (χ0v) is 14.7. The van der Waals surface area contributed by atoms with E-state index in [1.54, 1.807) is 0 Å². The van der Waals surface area contributed by atoms with Gasteiger partial charge in [0, 0.05) is 38.3 Å². The summed E-state index contributed by atoms with van der Waals surface area (Å²) < 4.78 is 0. The summed E-state index contributed by atoms with van der Waals surface area (Å²) in [5, 5.41) is 0. The van der Waals surface area contributed by atoms with E-state index in [0.29, 0.717) is 6.42 Å². The Bertz CT molecular complexity index is 668. The van der Waals surface area contributed by atoms with Crippen LogP contribution in [0.1, 0.15) is 23.1 Å². The van der Waals surface area contributed by atoms with Crippen molar-refractivity contribution in [2.75, 3.05) is 31.1 Å². The molecule has 3 rings (SSSR count). The van der Waals surface area contributed by atoms with Gasteiger partial charge >= 0.3 is 0 Å². The topological polar surface area (TPSA) is 23.6 Å². The van der Waals surface area contributed by atoms with Crippen molar-refractivity contribution in [1.82, 2.24) is 4.90 Å². The lowest BCUT2D eigenvalue weighted by Crippen LogP contribution is -2.49. The Morgan fingerprint density at radius 1 is 0.875 bits per heavy atom. The fourth-order valence-electron chi connectivity index (χ4n) is 3.54. The SMILES string of the molecule is Cc1cccc(C)c1N1CCN(C(=O)CCc2ccccc2)CC1.